The van der Waals surface area contributed by atoms with Crippen LogP contribution in [0.25, 0.3) is 0 Å². The van der Waals surface area contributed by atoms with E-state index < -0.39 is 0 Å². The lowest BCUT2D eigenvalue weighted by Gasteiger charge is -2.27. The third-order valence-corrected chi connectivity index (χ3v) is 4.52. The highest BCUT2D eigenvalue weighted by molar-refractivity contribution is 5.94. The Hall–Kier alpha value is -2.96. The third-order valence-electron chi connectivity index (χ3n) is 4.52. The first-order valence-electron chi connectivity index (χ1n) is 8.63. The first-order valence-corrected chi connectivity index (χ1v) is 8.63. The topological polar surface area (TPSA) is 59.7 Å². The van der Waals surface area contributed by atoms with Crippen LogP contribution < -0.4 is 4.74 Å². The monoisotopic (exact) mass is 354 g/mol. The zero-order valence-corrected chi connectivity index (χ0v) is 14.3. The molecule has 0 atom stereocenters. The number of aromatic nitrogens is 2. The molecule has 1 aromatic carbocycles. The molecule has 0 spiro atoms. The lowest BCUT2D eigenvalue weighted by atomic mass is 10.1. The van der Waals surface area contributed by atoms with E-state index in [1.54, 1.807) is 4.90 Å². The normalized spacial score (nSPS) is 16.2. The van der Waals surface area contributed by atoms with Crippen LogP contribution in [-0.4, -0.2) is 40.0 Å². The molecule has 0 saturated heterocycles. The summed E-state index contributed by atoms with van der Waals surface area (Å²) in [6.07, 6.45) is 5.63. The minimum atomic E-state index is -0.348. The van der Waals surface area contributed by atoms with Gasteiger partial charge in [0.15, 0.2) is 0 Å². The zero-order valence-electron chi connectivity index (χ0n) is 14.3. The first kappa shape index (κ1) is 16.5. The fourth-order valence-corrected chi connectivity index (χ4v) is 3.08. The molecule has 0 aliphatic carbocycles. The van der Waals surface area contributed by atoms with Gasteiger partial charge in [-0.25, -0.2) is 4.39 Å². The predicted octanol–water partition coefficient (Wildman–Crippen LogP) is 2.81. The number of aliphatic imine (C=N–C) groups is 1. The van der Waals surface area contributed by atoms with Crippen LogP contribution in [-0.2, 0) is 13.1 Å². The Morgan fingerprint density at radius 3 is 2.85 bits per heavy atom. The maximum absolute atomic E-state index is 13.0. The van der Waals surface area contributed by atoms with E-state index in [0.29, 0.717) is 37.7 Å². The number of amides is 1. The zero-order chi connectivity index (χ0) is 17.9. The summed E-state index contributed by atoms with van der Waals surface area (Å²) in [6, 6.07) is 7.50. The van der Waals surface area contributed by atoms with E-state index in [2.05, 4.69) is 10.1 Å². The molecule has 0 unspecified atom stereocenters. The first-order chi connectivity index (χ1) is 12.7. The number of halogens is 1. The molecule has 0 radical (unpaired) electrons. The standard InChI is InChI=1S/C19H19FN4O2/c20-16-5-3-15(4-6-16)19(25)23-8-9-24-17(12-23)10-18(22-24)26-13-14-2-1-7-21-11-14/h3-7,10-11H,1-2,8-9,12-13H2. The average Bonchev–Trinajstić information content (AvgIpc) is 3.09. The Morgan fingerprint density at radius 1 is 1.23 bits per heavy atom. The van der Waals surface area contributed by atoms with Crippen molar-refractivity contribution in [1.29, 1.82) is 0 Å². The molecule has 1 aromatic heterocycles. The summed E-state index contributed by atoms with van der Waals surface area (Å²) in [6.45, 7) is 2.11. The Labute approximate surface area is 150 Å². The summed E-state index contributed by atoms with van der Waals surface area (Å²) in [5.41, 5.74) is 2.56. The molecule has 3 heterocycles. The fourth-order valence-electron chi connectivity index (χ4n) is 3.08. The van der Waals surface area contributed by atoms with Crippen molar-refractivity contribution in [1.82, 2.24) is 14.7 Å². The number of rotatable bonds is 4. The van der Waals surface area contributed by atoms with Gasteiger partial charge in [0.25, 0.3) is 5.91 Å². The van der Waals surface area contributed by atoms with Crippen LogP contribution in [0.4, 0.5) is 4.39 Å². The van der Waals surface area contributed by atoms with Gasteiger partial charge in [-0.1, -0.05) is 0 Å². The van der Waals surface area contributed by atoms with Crippen molar-refractivity contribution in [2.45, 2.75) is 25.9 Å². The van der Waals surface area contributed by atoms with Gasteiger partial charge in [-0.15, -0.1) is 5.10 Å². The van der Waals surface area contributed by atoms with Gasteiger partial charge < -0.3 is 9.64 Å². The van der Waals surface area contributed by atoms with Gasteiger partial charge in [-0.05, 0) is 42.7 Å². The van der Waals surface area contributed by atoms with Gasteiger partial charge in [0.2, 0.25) is 5.88 Å². The lowest BCUT2D eigenvalue weighted by molar-refractivity contribution is 0.0706. The number of carbonyl (C=O) groups excluding carboxylic acids is 1. The van der Waals surface area contributed by atoms with Gasteiger partial charge in [0, 0.05) is 30.6 Å². The van der Waals surface area contributed by atoms with Gasteiger partial charge >= 0.3 is 0 Å². The second-order valence-electron chi connectivity index (χ2n) is 6.38. The quantitative estimate of drug-likeness (QED) is 0.848. The molecule has 7 heteroatoms. The van der Waals surface area contributed by atoms with Crippen molar-refractivity contribution in [3.8, 4) is 5.88 Å². The number of fused-ring (bicyclic) bond motifs is 1. The van der Waals surface area contributed by atoms with E-state index in [-0.39, 0.29) is 11.7 Å². The Morgan fingerprint density at radius 2 is 2.08 bits per heavy atom. The summed E-state index contributed by atoms with van der Waals surface area (Å²) in [7, 11) is 0. The minimum absolute atomic E-state index is 0.106. The maximum Gasteiger partial charge on any atom is 0.254 e. The van der Waals surface area contributed by atoms with E-state index >= 15 is 0 Å². The van der Waals surface area contributed by atoms with Gasteiger partial charge in [-0.3, -0.25) is 14.5 Å². The Kier molecular flexibility index (Phi) is 4.51. The largest absolute Gasteiger partial charge is 0.472 e. The minimum Gasteiger partial charge on any atom is -0.472 e. The number of nitrogens with zero attached hydrogens (tertiary/aromatic N) is 4. The van der Waals surface area contributed by atoms with Crippen molar-refractivity contribution in [3.63, 3.8) is 0 Å². The number of benzene rings is 1. The van der Waals surface area contributed by atoms with Crippen LogP contribution in [0, 0.1) is 5.82 Å². The highest BCUT2D eigenvalue weighted by Crippen LogP contribution is 2.21. The highest BCUT2D eigenvalue weighted by atomic mass is 19.1. The highest BCUT2D eigenvalue weighted by Gasteiger charge is 2.23. The van der Waals surface area contributed by atoms with E-state index in [1.807, 2.05) is 23.2 Å². The summed E-state index contributed by atoms with van der Waals surface area (Å²) < 4.78 is 20.7. The molecule has 4 rings (SSSR count). The maximum atomic E-state index is 13.0. The molecule has 2 aromatic rings. The third kappa shape index (κ3) is 3.51. The van der Waals surface area contributed by atoms with E-state index in [9.17, 15) is 9.18 Å². The van der Waals surface area contributed by atoms with Gasteiger partial charge in [0.1, 0.15) is 12.4 Å². The molecule has 2 aliphatic rings. The van der Waals surface area contributed by atoms with Crippen LogP contribution >= 0.6 is 0 Å². The fraction of sp³-hybridized carbons (Fsp3) is 0.316. The molecule has 0 saturated carbocycles. The lowest BCUT2D eigenvalue weighted by Crippen LogP contribution is -2.38. The molecule has 26 heavy (non-hydrogen) atoms. The smallest absolute Gasteiger partial charge is 0.254 e. The number of carbonyl (C=O) groups is 1. The van der Waals surface area contributed by atoms with Crippen LogP contribution in [0.3, 0.4) is 0 Å². The summed E-state index contributed by atoms with van der Waals surface area (Å²) in [4.78, 5) is 18.5. The van der Waals surface area contributed by atoms with Crippen molar-refractivity contribution in [2.75, 3.05) is 13.2 Å². The number of hydrogen-bond acceptors (Lipinski definition) is 4. The molecule has 0 fully saturated rings. The van der Waals surface area contributed by atoms with Gasteiger partial charge in [0.05, 0.1) is 18.8 Å². The molecule has 0 bridgehead atoms. The predicted molar refractivity (Wildman–Crippen MR) is 94.7 cm³/mol. The van der Waals surface area contributed by atoms with E-state index in [0.717, 1.165) is 24.1 Å². The van der Waals surface area contributed by atoms with Crippen LogP contribution in [0.1, 0.15) is 28.9 Å². The molecular formula is C19H19FN4O2. The SMILES string of the molecule is O=C(c1ccc(F)cc1)N1CCn2nc(OCC3=CN=CCC3)cc2C1. The summed E-state index contributed by atoms with van der Waals surface area (Å²) in [5.74, 6) is 0.107. The van der Waals surface area contributed by atoms with Crippen LogP contribution in [0.15, 0.2) is 47.1 Å². The van der Waals surface area contributed by atoms with E-state index in [1.165, 1.54) is 24.3 Å². The second kappa shape index (κ2) is 7.11. The van der Waals surface area contributed by atoms with Crippen molar-refractivity contribution >= 4 is 12.1 Å². The Bertz CT molecular complexity index is 870. The van der Waals surface area contributed by atoms with Crippen molar-refractivity contribution < 1.29 is 13.9 Å². The number of hydrogen-bond donors (Lipinski definition) is 0. The molecule has 134 valence electrons. The molecule has 0 N–H and O–H groups in total. The molecule has 6 nitrogen and oxygen atoms in total. The van der Waals surface area contributed by atoms with Crippen LogP contribution in [0.2, 0.25) is 0 Å². The van der Waals surface area contributed by atoms with Gasteiger partial charge in [-0.2, -0.15) is 0 Å². The van der Waals surface area contributed by atoms with Crippen molar-refractivity contribution in [3.05, 3.63) is 59.2 Å². The van der Waals surface area contributed by atoms with Crippen LogP contribution in [0.5, 0.6) is 5.88 Å². The molecule has 2 aliphatic heterocycles. The summed E-state index contributed by atoms with van der Waals surface area (Å²) in [5, 5.41) is 4.45. The Balaban J connectivity index is 1.41. The number of ether oxygens (including phenoxy) is 1. The van der Waals surface area contributed by atoms with E-state index in [4.69, 9.17) is 4.74 Å². The molecular weight excluding hydrogens is 335 g/mol. The summed E-state index contributed by atoms with van der Waals surface area (Å²) >= 11 is 0. The van der Waals surface area contributed by atoms with Crippen molar-refractivity contribution in [2.24, 2.45) is 4.99 Å². The molecule has 1 amide bonds. The second-order valence-corrected chi connectivity index (χ2v) is 6.38. The average molecular weight is 354 g/mol.